The number of fused-ring (bicyclic) bond motifs is 4. The summed E-state index contributed by atoms with van der Waals surface area (Å²) in [7, 11) is 0. The molecule has 4 heteroatoms. The number of carboxylic acid groups (broad SMARTS) is 1. The normalized spacial score (nSPS) is 42.6. The Labute approximate surface area is 206 Å². The highest BCUT2D eigenvalue weighted by Gasteiger charge is 2.63. The first-order valence-electron chi connectivity index (χ1n) is 13.6. The minimum atomic E-state index is -0.852. The molecule has 4 aliphatic carbocycles. The molecule has 7 atom stereocenters. The molecule has 0 heterocycles. The number of carboxylic acids is 1. The summed E-state index contributed by atoms with van der Waals surface area (Å²) in [5.41, 5.74) is 2.72. The molecule has 0 amide bonds. The predicted octanol–water partition coefficient (Wildman–Crippen LogP) is 6.72. The van der Waals surface area contributed by atoms with Gasteiger partial charge in [0, 0.05) is 23.3 Å². The zero-order valence-electron chi connectivity index (χ0n) is 22.5. The van der Waals surface area contributed by atoms with Crippen molar-refractivity contribution in [2.75, 3.05) is 0 Å². The van der Waals surface area contributed by atoms with E-state index in [2.05, 4.69) is 41.5 Å². The van der Waals surface area contributed by atoms with E-state index in [4.69, 9.17) is 5.11 Å². The van der Waals surface area contributed by atoms with Gasteiger partial charge in [0.05, 0.1) is 5.60 Å². The van der Waals surface area contributed by atoms with Crippen molar-refractivity contribution < 1.29 is 19.8 Å². The van der Waals surface area contributed by atoms with E-state index in [1.807, 2.05) is 6.08 Å². The lowest BCUT2D eigenvalue weighted by Gasteiger charge is -2.55. The van der Waals surface area contributed by atoms with Crippen molar-refractivity contribution in [2.45, 2.75) is 112 Å². The van der Waals surface area contributed by atoms with Crippen LogP contribution in [0.25, 0.3) is 0 Å². The van der Waals surface area contributed by atoms with Gasteiger partial charge in [-0.1, -0.05) is 51.8 Å². The van der Waals surface area contributed by atoms with Gasteiger partial charge in [0.15, 0.2) is 0 Å². The Kier molecular flexibility index (Phi) is 6.28. The van der Waals surface area contributed by atoms with E-state index in [-0.39, 0.29) is 28.1 Å². The number of ketones is 1. The molecule has 34 heavy (non-hydrogen) atoms. The summed E-state index contributed by atoms with van der Waals surface area (Å²) in [6.45, 7) is 15.1. The van der Waals surface area contributed by atoms with Crippen LogP contribution in [0.4, 0.5) is 0 Å². The second-order valence-corrected chi connectivity index (χ2v) is 13.4. The van der Waals surface area contributed by atoms with Crippen molar-refractivity contribution >= 4 is 11.8 Å². The fraction of sp³-hybridized carbons (Fsp3) is 0.800. The van der Waals surface area contributed by atoms with Crippen molar-refractivity contribution in [1.29, 1.82) is 0 Å². The van der Waals surface area contributed by atoms with Crippen LogP contribution in [0.1, 0.15) is 106 Å². The molecule has 0 spiro atoms. The van der Waals surface area contributed by atoms with Crippen LogP contribution in [-0.4, -0.2) is 27.6 Å². The maximum atomic E-state index is 12.8. The van der Waals surface area contributed by atoms with Crippen LogP contribution in [0.2, 0.25) is 0 Å². The summed E-state index contributed by atoms with van der Waals surface area (Å²) in [5.74, 6) is 0.748. The Hall–Kier alpha value is -1.42. The SMILES string of the molecule is C/C(=C/CCC(C)C1CCC2(C)C3=C(CC2[C@@]1(C)O)[C@@]1(C)CCC(=O)C(C)(C)C1CC3)C(=O)O. The smallest absolute Gasteiger partial charge is 0.330 e. The fourth-order valence-electron chi connectivity index (χ4n) is 9.21. The lowest BCUT2D eigenvalue weighted by atomic mass is 9.49. The van der Waals surface area contributed by atoms with Crippen LogP contribution in [0.3, 0.4) is 0 Å². The van der Waals surface area contributed by atoms with Crippen molar-refractivity contribution in [3.05, 3.63) is 22.8 Å². The van der Waals surface area contributed by atoms with Gasteiger partial charge in [0.1, 0.15) is 5.78 Å². The Morgan fingerprint density at radius 2 is 1.68 bits per heavy atom. The predicted molar refractivity (Wildman–Crippen MR) is 135 cm³/mol. The van der Waals surface area contributed by atoms with E-state index in [1.165, 1.54) is 0 Å². The number of hydrogen-bond donors (Lipinski definition) is 2. The fourth-order valence-corrected chi connectivity index (χ4v) is 9.21. The molecule has 2 saturated carbocycles. The summed E-state index contributed by atoms with van der Waals surface area (Å²) >= 11 is 0. The van der Waals surface area contributed by atoms with E-state index in [0.29, 0.717) is 29.6 Å². The molecule has 4 aliphatic rings. The largest absolute Gasteiger partial charge is 0.478 e. The zero-order chi connectivity index (χ0) is 25.3. The number of carbonyl (C=O) groups excluding carboxylic acids is 1. The monoisotopic (exact) mass is 470 g/mol. The van der Waals surface area contributed by atoms with Crippen molar-refractivity contribution in [2.24, 2.45) is 39.9 Å². The minimum absolute atomic E-state index is 0.0500. The molecule has 0 aromatic rings. The van der Waals surface area contributed by atoms with Gasteiger partial charge in [-0.05, 0) is 93.8 Å². The van der Waals surface area contributed by atoms with Crippen molar-refractivity contribution in [3.63, 3.8) is 0 Å². The number of aliphatic hydroxyl groups is 1. The average molecular weight is 471 g/mol. The molecule has 0 radical (unpaired) electrons. The van der Waals surface area contributed by atoms with Crippen LogP contribution in [0.15, 0.2) is 22.8 Å². The molecular weight excluding hydrogens is 424 g/mol. The standard InChI is InChI=1S/C30H46O4/c1-18(9-8-10-19(2)26(32)33)20-13-15-28(5)21-11-12-23-27(3,4)25(31)14-16-29(23,6)22(21)17-24(28)30(20,7)34/h10,18,20,23-24,34H,8-9,11-17H2,1-7H3,(H,32,33)/b19-10-/t18?,20?,23?,24?,28?,29-,30+/m1/s1. The van der Waals surface area contributed by atoms with E-state index >= 15 is 0 Å². The summed E-state index contributed by atoms with van der Waals surface area (Å²) in [6.07, 6.45) is 10.4. The third-order valence-electron chi connectivity index (χ3n) is 11.4. The zero-order valence-corrected chi connectivity index (χ0v) is 22.5. The Morgan fingerprint density at radius 1 is 1.03 bits per heavy atom. The number of allylic oxidation sites excluding steroid dienone is 3. The van der Waals surface area contributed by atoms with E-state index in [0.717, 1.165) is 51.4 Å². The maximum Gasteiger partial charge on any atom is 0.330 e. The molecule has 190 valence electrons. The molecule has 2 fully saturated rings. The van der Waals surface area contributed by atoms with Crippen LogP contribution >= 0.6 is 0 Å². The molecule has 5 unspecified atom stereocenters. The van der Waals surface area contributed by atoms with Gasteiger partial charge in [-0.3, -0.25) is 4.79 Å². The van der Waals surface area contributed by atoms with Crippen LogP contribution < -0.4 is 0 Å². The molecular formula is C30H46O4. The van der Waals surface area contributed by atoms with Gasteiger partial charge in [-0.15, -0.1) is 0 Å². The lowest BCUT2D eigenvalue weighted by molar-refractivity contribution is -0.139. The number of hydrogen-bond acceptors (Lipinski definition) is 3. The quantitative estimate of drug-likeness (QED) is 0.345. The number of carbonyl (C=O) groups is 2. The van der Waals surface area contributed by atoms with Crippen LogP contribution in [0, 0.1) is 39.9 Å². The molecule has 0 aromatic carbocycles. The second kappa shape index (κ2) is 8.32. The molecule has 0 bridgehead atoms. The topological polar surface area (TPSA) is 74.6 Å². The van der Waals surface area contributed by atoms with Gasteiger partial charge in [0.25, 0.3) is 0 Å². The molecule has 4 nitrogen and oxygen atoms in total. The first kappa shape index (κ1) is 25.7. The molecule has 0 aromatic heterocycles. The molecule has 0 aliphatic heterocycles. The number of rotatable bonds is 5. The highest BCUT2D eigenvalue weighted by atomic mass is 16.4. The molecule has 2 N–H and O–H groups in total. The highest BCUT2D eigenvalue weighted by Crippen LogP contribution is 2.70. The summed E-state index contributed by atoms with van der Waals surface area (Å²) in [6, 6.07) is 0. The van der Waals surface area contributed by atoms with Gasteiger partial charge < -0.3 is 10.2 Å². The highest BCUT2D eigenvalue weighted by molar-refractivity contribution is 5.86. The minimum Gasteiger partial charge on any atom is -0.478 e. The van der Waals surface area contributed by atoms with Crippen molar-refractivity contribution in [3.8, 4) is 0 Å². The van der Waals surface area contributed by atoms with E-state index in [9.17, 15) is 14.7 Å². The number of Topliss-reactive ketones (excluding diaryl/α,β-unsaturated/α-hetero) is 1. The van der Waals surface area contributed by atoms with E-state index in [1.54, 1.807) is 18.1 Å². The number of aliphatic carboxylic acids is 1. The molecule has 0 saturated heterocycles. The first-order chi connectivity index (χ1) is 15.7. The summed E-state index contributed by atoms with van der Waals surface area (Å²) < 4.78 is 0. The Bertz CT molecular complexity index is 937. The summed E-state index contributed by atoms with van der Waals surface area (Å²) in [5, 5.41) is 21.2. The maximum absolute atomic E-state index is 12.8. The van der Waals surface area contributed by atoms with E-state index < -0.39 is 11.6 Å². The van der Waals surface area contributed by atoms with Gasteiger partial charge in [-0.25, -0.2) is 4.79 Å². The van der Waals surface area contributed by atoms with Crippen molar-refractivity contribution in [1.82, 2.24) is 0 Å². The Morgan fingerprint density at radius 3 is 2.32 bits per heavy atom. The summed E-state index contributed by atoms with van der Waals surface area (Å²) in [4.78, 5) is 23.9. The lowest BCUT2D eigenvalue weighted by Crippen LogP contribution is -2.54. The van der Waals surface area contributed by atoms with Gasteiger partial charge in [0.2, 0.25) is 0 Å². The first-order valence-corrected chi connectivity index (χ1v) is 13.6. The third kappa shape index (κ3) is 3.65. The third-order valence-corrected chi connectivity index (χ3v) is 11.4. The molecule has 4 rings (SSSR count). The average Bonchev–Trinajstić information content (AvgIpc) is 3.06. The van der Waals surface area contributed by atoms with Crippen LogP contribution in [0.5, 0.6) is 0 Å². The second-order valence-electron chi connectivity index (χ2n) is 13.4. The van der Waals surface area contributed by atoms with Crippen LogP contribution in [-0.2, 0) is 9.59 Å². The van der Waals surface area contributed by atoms with Gasteiger partial charge in [-0.2, -0.15) is 0 Å². The Balaban J connectivity index is 1.58. The van der Waals surface area contributed by atoms with Gasteiger partial charge >= 0.3 is 5.97 Å².